The van der Waals surface area contributed by atoms with E-state index in [9.17, 15) is 4.79 Å². The molecule has 0 saturated heterocycles. The maximum atomic E-state index is 11.2. The molecule has 16 heavy (non-hydrogen) atoms. The molecule has 1 saturated carbocycles. The van der Waals surface area contributed by atoms with Gasteiger partial charge in [0, 0.05) is 5.92 Å². The number of ether oxygens (including phenoxy) is 1. The molecule has 1 rings (SSSR count). The number of nitrogens with zero attached hydrogens (tertiary/aromatic N) is 1. The SMILES string of the molecule is CCOC(=O)CN=C(SC)C1CCCCC1. The van der Waals surface area contributed by atoms with Crippen molar-refractivity contribution in [2.45, 2.75) is 39.0 Å². The lowest BCUT2D eigenvalue weighted by atomic mass is 9.90. The molecular weight excluding hydrogens is 222 g/mol. The molecule has 1 fully saturated rings. The molecule has 1 aliphatic carbocycles. The van der Waals surface area contributed by atoms with Gasteiger partial charge in [0.1, 0.15) is 6.54 Å². The monoisotopic (exact) mass is 243 g/mol. The maximum absolute atomic E-state index is 11.2. The Morgan fingerprint density at radius 2 is 2.06 bits per heavy atom. The minimum absolute atomic E-state index is 0.181. The predicted octanol–water partition coefficient (Wildman–Crippen LogP) is 2.89. The van der Waals surface area contributed by atoms with E-state index >= 15 is 0 Å². The molecule has 3 nitrogen and oxygen atoms in total. The first-order chi connectivity index (χ1) is 7.77. The van der Waals surface area contributed by atoms with E-state index in [-0.39, 0.29) is 12.5 Å². The van der Waals surface area contributed by atoms with Crippen LogP contribution in [0, 0.1) is 5.92 Å². The van der Waals surface area contributed by atoms with Gasteiger partial charge in [-0.25, -0.2) is 0 Å². The van der Waals surface area contributed by atoms with Crippen LogP contribution in [0.4, 0.5) is 0 Å². The van der Waals surface area contributed by atoms with E-state index in [1.807, 2.05) is 13.2 Å². The number of esters is 1. The normalized spacial score (nSPS) is 18.5. The Morgan fingerprint density at radius 3 is 2.62 bits per heavy atom. The number of thioether (sulfide) groups is 1. The van der Waals surface area contributed by atoms with Gasteiger partial charge < -0.3 is 4.74 Å². The van der Waals surface area contributed by atoms with Crippen LogP contribution in [0.5, 0.6) is 0 Å². The lowest BCUT2D eigenvalue weighted by Gasteiger charge is -2.22. The first-order valence-corrected chi connectivity index (χ1v) is 7.24. The lowest BCUT2D eigenvalue weighted by Crippen LogP contribution is -2.17. The van der Waals surface area contributed by atoms with Gasteiger partial charge in [0.15, 0.2) is 0 Å². The summed E-state index contributed by atoms with van der Waals surface area (Å²) >= 11 is 1.68. The van der Waals surface area contributed by atoms with Crippen molar-refractivity contribution in [1.82, 2.24) is 0 Å². The summed E-state index contributed by atoms with van der Waals surface area (Å²) in [4.78, 5) is 15.6. The van der Waals surface area contributed by atoms with Crippen molar-refractivity contribution in [3.8, 4) is 0 Å². The second-order valence-corrected chi connectivity index (χ2v) is 4.83. The van der Waals surface area contributed by atoms with E-state index < -0.39 is 0 Å². The Labute approximate surface area is 102 Å². The number of hydrogen-bond acceptors (Lipinski definition) is 4. The van der Waals surface area contributed by atoms with Crippen LogP contribution in [-0.4, -0.2) is 30.4 Å². The molecule has 0 unspecified atom stereocenters. The van der Waals surface area contributed by atoms with Crippen LogP contribution in [0.3, 0.4) is 0 Å². The summed E-state index contributed by atoms with van der Waals surface area (Å²) in [6.45, 7) is 2.44. The number of hydrogen-bond donors (Lipinski definition) is 0. The third kappa shape index (κ3) is 4.56. The second kappa shape index (κ2) is 7.71. The summed E-state index contributed by atoms with van der Waals surface area (Å²) in [5.41, 5.74) is 0. The lowest BCUT2D eigenvalue weighted by molar-refractivity contribution is -0.141. The molecule has 92 valence electrons. The topological polar surface area (TPSA) is 38.7 Å². The largest absolute Gasteiger partial charge is 0.465 e. The fourth-order valence-corrected chi connectivity index (χ4v) is 2.82. The summed E-state index contributed by atoms with van der Waals surface area (Å²) in [5.74, 6) is 0.364. The average molecular weight is 243 g/mol. The molecule has 0 amide bonds. The van der Waals surface area contributed by atoms with E-state index in [2.05, 4.69) is 4.99 Å². The average Bonchev–Trinajstić information content (AvgIpc) is 2.31. The van der Waals surface area contributed by atoms with Crippen molar-refractivity contribution in [2.75, 3.05) is 19.4 Å². The van der Waals surface area contributed by atoms with E-state index in [1.165, 1.54) is 32.1 Å². The highest BCUT2D eigenvalue weighted by molar-refractivity contribution is 8.13. The number of rotatable bonds is 4. The summed E-state index contributed by atoms with van der Waals surface area (Å²) in [6.07, 6.45) is 8.42. The second-order valence-electron chi connectivity index (χ2n) is 4.00. The zero-order chi connectivity index (χ0) is 11.8. The van der Waals surface area contributed by atoms with Crippen LogP contribution in [0.1, 0.15) is 39.0 Å². The number of carbonyl (C=O) groups excluding carboxylic acids is 1. The minimum Gasteiger partial charge on any atom is -0.465 e. The van der Waals surface area contributed by atoms with Crippen molar-refractivity contribution in [1.29, 1.82) is 0 Å². The Bertz CT molecular complexity index is 247. The van der Waals surface area contributed by atoms with Gasteiger partial charge >= 0.3 is 5.97 Å². The van der Waals surface area contributed by atoms with Crippen LogP contribution in [0.15, 0.2) is 4.99 Å². The Morgan fingerprint density at radius 1 is 1.38 bits per heavy atom. The highest BCUT2D eigenvalue weighted by Gasteiger charge is 2.18. The molecule has 0 radical (unpaired) electrons. The maximum Gasteiger partial charge on any atom is 0.327 e. The van der Waals surface area contributed by atoms with Crippen molar-refractivity contribution in [3.05, 3.63) is 0 Å². The minimum atomic E-state index is -0.218. The fraction of sp³-hybridized carbons (Fsp3) is 0.833. The van der Waals surface area contributed by atoms with E-state index in [4.69, 9.17) is 4.74 Å². The molecule has 1 aliphatic rings. The molecule has 0 aromatic carbocycles. The molecule has 0 atom stereocenters. The van der Waals surface area contributed by atoms with Gasteiger partial charge in [-0.3, -0.25) is 9.79 Å². The summed E-state index contributed by atoms with van der Waals surface area (Å²) < 4.78 is 4.87. The Balaban J connectivity index is 2.44. The zero-order valence-corrected chi connectivity index (χ0v) is 11.0. The van der Waals surface area contributed by atoms with E-state index in [0.29, 0.717) is 12.5 Å². The Kier molecular flexibility index (Phi) is 6.53. The van der Waals surface area contributed by atoms with Crippen molar-refractivity contribution >= 4 is 22.8 Å². The summed E-state index contributed by atoms with van der Waals surface area (Å²) in [7, 11) is 0. The third-order valence-electron chi connectivity index (χ3n) is 2.83. The van der Waals surface area contributed by atoms with Crippen molar-refractivity contribution in [2.24, 2.45) is 10.9 Å². The number of aliphatic imine (C=N–C) groups is 1. The van der Waals surface area contributed by atoms with Crippen LogP contribution < -0.4 is 0 Å². The predicted molar refractivity (Wildman–Crippen MR) is 69.0 cm³/mol. The summed E-state index contributed by atoms with van der Waals surface area (Å²) in [5, 5.41) is 1.13. The van der Waals surface area contributed by atoms with Crippen molar-refractivity contribution in [3.63, 3.8) is 0 Å². The quantitative estimate of drug-likeness (QED) is 0.433. The zero-order valence-electron chi connectivity index (χ0n) is 10.2. The molecular formula is C12H21NO2S. The fourth-order valence-electron chi connectivity index (χ4n) is 2.06. The van der Waals surface area contributed by atoms with Crippen LogP contribution in [0.25, 0.3) is 0 Å². The molecule has 0 aliphatic heterocycles. The molecule has 0 aromatic heterocycles. The Hall–Kier alpha value is -0.510. The summed E-state index contributed by atoms with van der Waals surface area (Å²) in [6, 6.07) is 0. The van der Waals surface area contributed by atoms with Gasteiger partial charge in [-0.05, 0) is 26.0 Å². The van der Waals surface area contributed by atoms with Crippen molar-refractivity contribution < 1.29 is 9.53 Å². The van der Waals surface area contributed by atoms with Gasteiger partial charge in [0.25, 0.3) is 0 Å². The van der Waals surface area contributed by atoms with Gasteiger partial charge in [0.2, 0.25) is 0 Å². The molecule has 4 heteroatoms. The van der Waals surface area contributed by atoms with Crippen LogP contribution in [-0.2, 0) is 9.53 Å². The van der Waals surface area contributed by atoms with Crippen LogP contribution in [0.2, 0.25) is 0 Å². The first-order valence-electron chi connectivity index (χ1n) is 6.01. The van der Waals surface area contributed by atoms with Gasteiger partial charge in [-0.2, -0.15) is 0 Å². The standard InChI is InChI=1S/C12H21NO2S/c1-3-15-11(14)9-13-12(16-2)10-7-5-4-6-8-10/h10H,3-9H2,1-2H3. The molecule has 0 bridgehead atoms. The van der Waals surface area contributed by atoms with Gasteiger partial charge in [-0.15, -0.1) is 11.8 Å². The van der Waals surface area contributed by atoms with E-state index in [1.54, 1.807) is 11.8 Å². The molecule has 0 heterocycles. The molecule has 0 aromatic rings. The van der Waals surface area contributed by atoms with Gasteiger partial charge in [0.05, 0.1) is 11.7 Å². The van der Waals surface area contributed by atoms with Crippen LogP contribution >= 0.6 is 11.8 Å². The number of carbonyl (C=O) groups is 1. The highest BCUT2D eigenvalue weighted by Crippen LogP contribution is 2.28. The van der Waals surface area contributed by atoms with Gasteiger partial charge in [-0.1, -0.05) is 19.3 Å². The third-order valence-corrected chi connectivity index (χ3v) is 3.71. The van der Waals surface area contributed by atoms with E-state index in [0.717, 1.165) is 5.04 Å². The molecule has 0 N–H and O–H groups in total. The molecule has 0 spiro atoms. The highest BCUT2D eigenvalue weighted by atomic mass is 32.2. The smallest absolute Gasteiger partial charge is 0.327 e. The first kappa shape index (κ1) is 13.6.